The fourth-order valence-corrected chi connectivity index (χ4v) is 4.16. The molecule has 1 atom stereocenters. The first kappa shape index (κ1) is 11.0. The summed E-state index contributed by atoms with van der Waals surface area (Å²) in [5, 5.41) is 5.81. The van der Waals surface area contributed by atoms with Gasteiger partial charge in [-0.05, 0) is 48.9 Å². The molecule has 3 rings (SSSR count). The van der Waals surface area contributed by atoms with Gasteiger partial charge < -0.3 is 5.32 Å². The standard InChI is InChI=1S/C15H17NS/c1-16-15(13-7-3-2-4-8-13)10-5-6-12-9-11-17-14(12)15/h2-4,7-9,11,16H,5-6,10H2,1H3. The number of aryl methyl sites for hydroxylation is 1. The highest BCUT2D eigenvalue weighted by atomic mass is 32.1. The molecule has 0 radical (unpaired) electrons. The molecule has 0 saturated carbocycles. The molecule has 1 heterocycles. The molecule has 88 valence electrons. The van der Waals surface area contributed by atoms with Crippen LogP contribution >= 0.6 is 11.3 Å². The maximum absolute atomic E-state index is 3.59. The first-order valence-electron chi connectivity index (χ1n) is 6.18. The van der Waals surface area contributed by atoms with Crippen LogP contribution in [-0.4, -0.2) is 7.05 Å². The van der Waals surface area contributed by atoms with Gasteiger partial charge in [0.25, 0.3) is 0 Å². The Balaban J connectivity index is 2.17. The lowest BCUT2D eigenvalue weighted by Gasteiger charge is -2.37. The van der Waals surface area contributed by atoms with Crippen molar-refractivity contribution >= 4 is 11.3 Å². The van der Waals surface area contributed by atoms with Crippen molar-refractivity contribution in [2.75, 3.05) is 7.05 Å². The molecule has 0 saturated heterocycles. The number of benzene rings is 1. The van der Waals surface area contributed by atoms with Crippen molar-refractivity contribution in [3.63, 3.8) is 0 Å². The van der Waals surface area contributed by atoms with Gasteiger partial charge in [0.2, 0.25) is 0 Å². The maximum atomic E-state index is 3.59. The Labute approximate surface area is 106 Å². The van der Waals surface area contributed by atoms with Gasteiger partial charge in [0.05, 0.1) is 5.54 Å². The van der Waals surface area contributed by atoms with Gasteiger partial charge in [-0.2, -0.15) is 0 Å². The molecule has 1 aromatic carbocycles. The Morgan fingerprint density at radius 2 is 2.00 bits per heavy atom. The second-order valence-electron chi connectivity index (χ2n) is 4.65. The van der Waals surface area contributed by atoms with E-state index in [2.05, 4.69) is 54.1 Å². The Kier molecular flexibility index (Phi) is 2.77. The van der Waals surface area contributed by atoms with Gasteiger partial charge in [-0.15, -0.1) is 11.3 Å². The van der Waals surface area contributed by atoms with Crippen LogP contribution in [0.2, 0.25) is 0 Å². The number of fused-ring (bicyclic) bond motifs is 1. The minimum atomic E-state index is 0.0447. The van der Waals surface area contributed by atoms with E-state index in [1.807, 2.05) is 11.3 Å². The van der Waals surface area contributed by atoms with Crippen molar-refractivity contribution in [2.24, 2.45) is 0 Å². The fraction of sp³-hybridized carbons (Fsp3) is 0.333. The van der Waals surface area contributed by atoms with Crippen LogP contribution in [0.15, 0.2) is 41.8 Å². The summed E-state index contributed by atoms with van der Waals surface area (Å²) >= 11 is 1.89. The van der Waals surface area contributed by atoms with Crippen LogP contribution in [-0.2, 0) is 12.0 Å². The summed E-state index contributed by atoms with van der Waals surface area (Å²) in [5.74, 6) is 0. The highest BCUT2D eigenvalue weighted by Crippen LogP contribution is 2.42. The van der Waals surface area contributed by atoms with E-state index in [0.717, 1.165) is 0 Å². The summed E-state index contributed by atoms with van der Waals surface area (Å²) in [4.78, 5) is 1.51. The SMILES string of the molecule is CNC1(c2ccccc2)CCCc2ccsc21. The van der Waals surface area contributed by atoms with Crippen LogP contribution < -0.4 is 5.32 Å². The predicted octanol–water partition coefficient (Wildman–Crippen LogP) is 3.55. The minimum absolute atomic E-state index is 0.0447. The summed E-state index contributed by atoms with van der Waals surface area (Å²) < 4.78 is 0. The van der Waals surface area contributed by atoms with E-state index < -0.39 is 0 Å². The highest BCUT2D eigenvalue weighted by molar-refractivity contribution is 7.10. The van der Waals surface area contributed by atoms with Crippen molar-refractivity contribution in [1.82, 2.24) is 5.32 Å². The topological polar surface area (TPSA) is 12.0 Å². The molecule has 1 aromatic heterocycles. The van der Waals surface area contributed by atoms with Gasteiger partial charge in [-0.3, -0.25) is 0 Å². The van der Waals surface area contributed by atoms with Crippen LogP contribution in [0.4, 0.5) is 0 Å². The van der Waals surface area contributed by atoms with Gasteiger partial charge in [0.1, 0.15) is 0 Å². The third-order valence-corrected chi connectivity index (χ3v) is 4.94. The molecular weight excluding hydrogens is 226 g/mol. The van der Waals surface area contributed by atoms with Gasteiger partial charge in [-0.25, -0.2) is 0 Å². The second-order valence-corrected chi connectivity index (χ2v) is 5.57. The molecule has 0 bridgehead atoms. The van der Waals surface area contributed by atoms with E-state index in [9.17, 15) is 0 Å². The molecule has 1 aliphatic carbocycles. The number of hydrogen-bond acceptors (Lipinski definition) is 2. The number of hydrogen-bond donors (Lipinski definition) is 1. The lowest BCUT2D eigenvalue weighted by Crippen LogP contribution is -2.42. The Hall–Kier alpha value is -1.12. The van der Waals surface area contributed by atoms with Gasteiger partial charge in [-0.1, -0.05) is 30.3 Å². The van der Waals surface area contributed by atoms with E-state index in [1.54, 1.807) is 0 Å². The largest absolute Gasteiger partial charge is 0.306 e. The van der Waals surface area contributed by atoms with Crippen molar-refractivity contribution in [1.29, 1.82) is 0 Å². The lowest BCUT2D eigenvalue weighted by atomic mass is 9.77. The van der Waals surface area contributed by atoms with Gasteiger partial charge in [0.15, 0.2) is 0 Å². The van der Waals surface area contributed by atoms with Crippen LogP contribution in [0.5, 0.6) is 0 Å². The van der Waals surface area contributed by atoms with E-state index in [4.69, 9.17) is 0 Å². The predicted molar refractivity (Wildman–Crippen MR) is 73.5 cm³/mol. The summed E-state index contributed by atoms with van der Waals surface area (Å²) in [6.45, 7) is 0. The molecular formula is C15H17NS. The molecule has 0 aliphatic heterocycles. The molecule has 1 unspecified atom stereocenters. The van der Waals surface area contributed by atoms with E-state index in [0.29, 0.717) is 0 Å². The number of thiophene rings is 1. The Bertz CT molecular complexity index is 503. The van der Waals surface area contributed by atoms with E-state index in [1.165, 1.54) is 35.3 Å². The van der Waals surface area contributed by atoms with Crippen molar-refractivity contribution in [2.45, 2.75) is 24.8 Å². The first-order valence-corrected chi connectivity index (χ1v) is 7.06. The molecule has 0 spiro atoms. The fourth-order valence-electron chi connectivity index (χ4n) is 2.95. The van der Waals surface area contributed by atoms with Crippen LogP contribution in [0, 0.1) is 0 Å². The van der Waals surface area contributed by atoms with Crippen LogP contribution in [0.25, 0.3) is 0 Å². The quantitative estimate of drug-likeness (QED) is 0.850. The molecule has 1 nitrogen and oxygen atoms in total. The summed E-state index contributed by atoms with van der Waals surface area (Å²) in [6, 6.07) is 13.1. The first-order chi connectivity index (χ1) is 8.37. The summed E-state index contributed by atoms with van der Waals surface area (Å²) in [6.07, 6.45) is 3.69. The number of nitrogens with one attached hydrogen (secondary N) is 1. The molecule has 0 amide bonds. The smallest absolute Gasteiger partial charge is 0.0784 e. The monoisotopic (exact) mass is 243 g/mol. The van der Waals surface area contributed by atoms with Crippen molar-refractivity contribution in [3.05, 3.63) is 57.8 Å². The Morgan fingerprint density at radius 3 is 2.76 bits per heavy atom. The number of rotatable bonds is 2. The average Bonchev–Trinajstić information content (AvgIpc) is 2.88. The van der Waals surface area contributed by atoms with E-state index >= 15 is 0 Å². The van der Waals surface area contributed by atoms with Gasteiger partial charge >= 0.3 is 0 Å². The third kappa shape index (κ3) is 1.63. The summed E-state index contributed by atoms with van der Waals surface area (Å²) in [5.41, 5.74) is 2.97. The maximum Gasteiger partial charge on any atom is 0.0784 e. The van der Waals surface area contributed by atoms with Gasteiger partial charge in [0, 0.05) is 4.88 Å². The normalized spacial score (nSPS) is 23.4. The van der Waals surface area contributed by atoms with Crippen LogP contribution in [0.3, 0.4) is 0 Å². The molecule has 1 aliphatic rings. The third-order valence-electron chi connectivity index (χ3n) is 3.83. The zero-order chi connectivity index (χ0) is 11.7. The average molecular weight is 243 g/mol. The molecule has 2 heteroatoms. The molecule has 17 heavy (non-hydrogen) atoms. The van der Waals surface area contributed by atoms with Crippen molar-refractivity contribution < 1.29 is 0 Å². The van der Waals surface area contributed by atoms with Crippen LogP contribution in [0.1, 0.15) is 28.8 Å². The lowest BCUT2D eigenvalue weighted by molar-refractivity contribution is 0.379. The highest BCUT2D eigenvalue weighted by Gasteiger charge is 2.37. The second kappa shape index (κ2) is 4.28. The van der Waals surface area contributed by atoms with Crippen molar-refractivity contribution in [3.8, 4) is 0 Å². The Morgan fingerprint density at radius 1 is 1.18 bits per heavy atom. The minimum Gasteiger partial charge on any atom is -0.306 e. The zero-order valence-corrected chi connectivity index (χ0v) is 10.9. The molecule has 1 N–H and O–H groups in total. The molecule has 0 fully saturated rings. The summed E-state index contributed by atoms with van der Waals surface area (Å²) in [7, 11) is 2.09. The zero-order valence-electron chi connectivity index (χ0n) is 10.1. The molecule has 2 aromatic rings. The van der Waals surface area contributed by atoms with E-state index in [-0.39, 0.29) is 5.54 Å².